The smallest absolute Gasteiger partial charge is 0.241 e. The van der Waals surface area contributed by atoms with Gasteiger partial charge in [-0.15, -0.1) is 0 Å². The second-order valence-corrected chi connectivity index (χ2v) is 8.51. The van der Waals surface area contributed by atoms with Gasteiger partial charge in [0.1, 0.15) is 23.8 Å². The Kier molecular flexibility index (Phi) is 7.93. The highest BCUT2D eigenvalue weighted by atomic mass is 32.2. The van der Waals surface area contributed by atoms with Gasteiger partial charge in [0, 0.05) is 6.07 Å². The Morgan fingerprint density at radius 2 is 1.70 bits per heavy atom. The largest absolute Gasteiger partial charge is 0.497 e. The van der Waals surface area contributed by atoms with Crippen molar-refractivity contribution in [1.29, 1.82) is 0 Å². The molecule has 0 saturated heterocycles. The standard InChI is InChI=1S/C21H28N2O6S/c1-6-29-17-9-7-16(8-10-17)15(2)22-21(24)14-23(30(5,25)26)19-13-18(27-3)11-12-20(19)28-4/h7-13,15H,6,14H2,1-5H3,(H,22,24)/t15-/m0/s1. The van der Waals surface area contributed by atoms with Crippen LogP contribution in [0.1, 0.15) is 25.5 Å². The zero-order chi connectivity index (χ0) is 22.3. The molecule has 0 spiro atoms. The highest BCUT2D eigenvalue weighted by Gasteiger charge is 2.25. The van der Waals surface area contributed by atoms with E-state index in [1.807, 2.05) is 38.1 Å². The Hall–Kier alpha value is -2.94. The van der Waals surface area contributed by atoms with Crippen LogP contribution >= 0.6 is 0 Å². The lowest BCUT2D eigenvalue weighted by atomic mass is 10.1. The molecule has 30 heavy (non-hydrogen) atoms. The molecule has 0 radical (unpaired) electrons. The first-order valence-corrected chi connectivity index (χ1v) is 11.3. The van der Waals surface area contributed by atoms with Gasteiger partial charge in [-0.3, -0.25) is 9.10 Å². The van der Waals surface area contributed by atoms with Gasteiger partial charge in [-0.05, 0) is 43.7 Å². The number of methoxy groups -OCH3 is 2. The van der Waals surface area contributed by atoms with Crippen LogP contribution in [0.5, 0.6) is 17.2 Å². The van der Waals surface area contributed by atoms with Crippen LogP contribution in [0.15, 0.2) is 42.5 Å². The maximum atomic E-state index is 12.7. The molecule has 2 rings (SSSR count). The van der Waals surface area contributed by atoms with Crippen LogP contribution in [-0.4, -0.2) is 48.0 Å². The summed E-state index contributed by atoms with van der Waals surface area (Å²) in [7, 11) is -0.858. The van der Waals surface area contributed by atoms with Gasteiger partial charge in [-0.2, -0.15) is 0 Å². The van der Waals surface area contributed by atoms with Crippen molar-refractivity contribution in [3.05, 3.63) is 48.0 Å². The van der Waals surface area contributed by atoms with Gasteiger partial charge in [-0.25, -0.2) is 8.42 Å². The number of carbonyl (C=O) groups excluding carboxylic acids is 1. The van der Waals surface area contributed by atoms with Crippen molar-refractivity contribution in [2.24, 2.45) is 0 Å². The molecule has 0 bridgehead atoms. The lowest BCUT2D eigenvalue weighted by Crippen LogP contribution is -2.41. The predicted molar refractivity (Wildman–Crippen MR) is 116 cm³/mol. The highest BCUT2D eigenvalue weighted by Crippen LogP contribution is 2.33. The Morgan fingerprint density at radius 3 is 2.23 bits per heavy atom. The third-order valence-electron chi connectivity index (χ3n) is 4.41. The lowest BCUT2D eigenvalue weighted by molar-refractivity contribution is -0.120. The zero-order valence-corrected chi connectivity index (χ0v) is 18.7. The Balaban J connectivity index is 2.20. The van der Waals surface area contributed by atoms with E-state index in [-0.39, 0.29) is 11.7 Å². The number of carbonyl (C=O) groups is 1. The van der Waals surface area contributed by atoms with Gasteiger partial charge in [-0.1, -0.05) is 12.1 Å². The van der Waals surface area contributed by atoms with Crippen molar-refractivity contribution >= 4 is 21.6 Å². The lowest BCUT2D eigenvalue weighted by Gasteiger charge is -2.25. The number of hydrogen-bond acceptors (Lipinski definition) is 6. The summed E-state index contributed by atoms with van der Waals surface area (Å²) >= 11 is 0. The summed E-state index contributed by atoms with van der Waals surface area (Å²) in [5.74, 6) is 1.05. The molecule has 0 aliphatic heterocycles. The summed E-state index contributed by atoms with van der Waals surface area (Å²) in [6, 6.07) is 11.8. The number of amides is 1. The molecule has 1 atom stereocenters. The molecule has 0 saturated carbocycles. The minimum atomic E-state index is -3.76. The Morgan fingerprint density at radius 1 is 1.07 bits per heavy atom. The van der Waals surface area contributed by atoms with Gasteiger partial charge >= 0.3 is 0 Å². The summed E-state index contributed by atoms with van der Waals surface area (Å²) in [6.45, 7) is 3.90. The van der Waals surface area contributed by atoms with Crippen molar-refractivity contribution in [3.8, 4) is 17.2 Å². The third-order valence-corrected chi connectivity index (χ3v) is 5.54. The van der Waals surface area contributed by atoms with Crippen LogP contribution in [0.4, 0.5) is 5.69 Å². The fraction of sp³-hybridized carbons (Fsp3) is 0.381. The van der Waals surface area contributed by atoms with E-state index < -0.39 is 22.5 Å². The van der Waals surface area contributed by atoms with E-state index in [0.717, 1.165) is 21.9 Å². The first-order valence-electron chi connectivity index (χ1n) is 9.41. The molecule has 1 N–H and O–H groups in total. The van der Waals surface area contributed by atoms with E-state index in [1.54, 1.807) is 12.1 Å². The molecule has 0 unspecified atom stereocenters. The van der Waals surface area contributed by atoms with E-state index in [0.29, 0.717) is 18.1 Å². The average molecular weight is 437 g/mol. The summed E-state index contributed by atoms with van der Waals surface area (Å²) in [6.07, 6.45) is 1.04. The molecular weight excluding hydrogens is 408 g/mol. The first kappa shape index (κ1) is 23.3. The second kappa shape index (κ2) is 10.2. The van der Waals surface area contributed by atoms with Gasteiger partial charge in [0.25, 0.3) is 0 Å². The number of hydrogen-bond donors (Lipinski definition) is 1. The number of ether oxygens (including phenoxy) is 3. The molecule has 8 nitrogen and oxygen atoms in total. The molecule has 0 heterocycles. The van der Waals surface area contributed by atoms with Gasteiger partial charge in [0.15, 0.2) is 0 Å². The maximum absolute atomic E-state index is 12.7. The fourth-order valence-electron chi connectivity index (χ4n) is 2.89. The number of sulfonamides is 1. The summed E-state index contributed by atoms with van der Waals surface area (Å²) in [5.41, 5.74) is 1.10. The molecular formula is C21H28N2O6S. The maximum Gasteiger partial charge on any atom is 0.241 e. The SMILES string of the molecule is CCOc1ccc([C@H](C)NC(=O)CN(c2cc(OC)ccc2OC)S(C)(=O)=O)cc1. The Bertz CT molecular complexity index is 960. The van der Waals surface area contributed by atoms with E-state index in [1.165, 1.54) is 20.3 Å². The zero-order valence-electron chi connectivity index (χ0n) is 17.8. The number of rotatable bonds is 10. The van der Waals surface area contributed by atoms with Crippen LogP contribution in [0.25, 0.3) is 0 Å². The van der Waals surface area contributed by atoms with E-state index in [4.69, 9.17) is 14.2 Å². The van der Waals surface area contributed by atoms with E-state index >= 15 is 0 Å². The van der Waals surface area contributed by atoms with Crippen molar-refractivity contribution in [1.82, 2.24) is 5.32 Å². The predicted octanol–water partition coefficient (Wildman–Crippen LogP) is 2.75. The molecule has 2 aromatic carbocycles. The number of nitrogens with zero attached hydrogens (tertiary/aromatic N) is 1. The molecule has 164 valence electrons. The molecule has 2 aromatic rings. The fourth-order valence-corrected chi connectivity index (χ4v) is 3.74. The number of anilines is 1. The van der Waals surface area contributed by atoms with Crippen molar-refractivity contribution in [2.45, 2.75) is 19.9 Å². The summed E-state index contributed by atoms with van der Waals surface area (Å²) < 4.78 is 41.7. The average Bonchev–Trinajstić information content (AvgIpc) is 2.71. The number of nitrogens with one attached hydrogen (secondary N) is 1. The van der Waals surface area contributed by atoms with Crippen LogP contribution < -0.4 is 23.8 Å². The quantitative estimate of drug-likeness (QED) is 0.616. The monoisotopic (exact) mass is 436 g/mol. The van der Waals surface area contributed by atoms with Crippen LogP contribution in [0.3, 0.4) is 0 Å². The van der Waals surface area contributed by atoms with Crippen LogP contribution in [0.2, 0.25) is 0 Å². The molecule has 0 aliphatic carbocycles. The minimum absolute atomic E-state index is 0.225. The van der Waals surface area contributed by atoms with E-state index in [2.05, 4.69) is 5.32 Å². The molecule has 1 amide bonds. The normalized spacial score (nSPS) is 12.0. The summed E-state index contributed by atoms with van der Waals surface area (Å²) in [4.78, 5) is 12.7. The van der Waals surface area contributed by atoms with E-state index in [9.17, 15) is 13.2 Å². The minimum Gasteiger partial charge on any atom is -0.497 e. The Labute approximate surface area is 177 Å². The number of benzene rings is 2. The van der Waals surface area contributed by atoms with Gasteiger partial charge in [0.2, 0.25) is 15.9 Å². The van der Waals surface area contributed by atoms with Crippen molar-refractivity contribution in [2.75, 3.05) is 37.9 Å². The second-order valence-electron chi connectivity index (χ2n) is 6.60. The highest BCUT2D eigenvalue weighted by molar-refractivity contribution is 7.92. The third kappa shape index (κ3) is 6.03. The molecule has 9 heteroatoms. The van der Waals surface area contributed by atoms with Gasteiger partial charge < -0.3 is 19.5 Å². The van der Waals surface area contributed by atoms with Crippen LogP contribution in [0, 0.1) is 0 Å². The molecule has 0 aliphatic rings. The van der Waals surface area contributed by atoms with Crippen molar-refractivity contribution in [3.63, 3.8) is 0 Å². The first-order chi connectivity index (χ1) is 14.2. The van der Waals surface area contributed by atoms with Gasteiger partial charge in [0.05, 0.1) is 38.8 Å². The summed E-state index contributed by atoms with van der Waals surface area (Å²) in [5, 5.41) is 2.83. The molecule has 0 fully saturated rings. The van der Waals surface area contributed by atoms with Crippen molar-refractivity contribution < 1.29 is 27.4 Å². The van der Waals surface area contributed by atoms with Crippen LogP contribution in [-0.2, 0) is 14.8 Å². The molecule has 0 aromatic heterocycles. The topological polar surface area (TPSA) is 94.2 Å².